The molecular formula is C20H16N4OS. The fraction of sp³-hybridized carbons (Fsp3) is 0.0500. The van der Waals surface area contributed by atoms with E-state index in [9.17, 15) is 4.79 Å². The smallest absolute Gasteiger partial charge is 0.250 e. The van der Waals surface area contributed by atoms with Gasteiger partial charge in [-0.05, 0) is 18.6 Å². The summed E-state index contributed by atoms with van der Waals surface area (Å²) in [6.45, 7) is 2.03. The first-order valence-electron chi connectivity index (χ1n) is 8.14. The fourth-order valence-electron chi connectivity index (χ4n) is 2.54. The molecule has 1 N–H and O–H groups in total. The molecule has 0 radical (unpaired) electrons. The van der Waals surface area contributed by atoms with Crippen molar-refractivity contribution in [3.8, 4) is 11.3 Å². The molecule has 2 heterocycles. The Balaban J connectivity index is 1.51. The minimum Gasteiger partial charge on any atom is -0.290 e. The third-order valence-corrected chi connectivity index (χ3v) is 4.71. The van der Waals surface area contributed by atoms with Gasteiger partial charge in [0, 0.05) is 17.0 Å². The number of carbonyl (C=O) groups is 1. The summed E-state index contributed by atoms with van der Waals surface area (Å²) in [5.74, 6) is 0.0395. The molecule has 5 nitrogen and oxygen atoms in total. The number of anilines is 1. The maximum Gasteiger partial charge on any atom is 0.250 e. The molecule has 0 bridgehead atoms. The van der Waals surface area contributed by atoms with Gasteiger partial charge in [0.25, 0.3) is 11.9 Å². The van der Waals surface area contributed by atoms with Gasteiger partial charge in [-0.15, -0.1) is 16.4 Å². The monoisotopic (exact) mass is 360 g/mol. The van der Waals surface area contributed by atoms with Crippen molar-refractivity contribution >= 4 is 34.2 Å². The van der Waals surface area contributed by atoms with E-state index in [-0.39, 0.29) is 5.91 Å². The number of amides is 1. The van der Waals surface area contributed by atoms with Crippen LogP contribution in [-0.4, -0.2) is 20.5 Å². The quantitative estimate of drug-likeness (QED) is 0.548. The number of aromatic nitrogens is 3. The second kappa shape index (κ2) is 6.93. The Labute approximate surface area is 154 Å². The zero-order valence-electron chi connectivity index (χ0n) is 14.1. The van der Waals surface area contributed by atoms with Gasteiger partial charge < -0.3 is 0 Å². The van der Waals surface area contributed by atoms with Crippen LogP contribution < -0.4 is 5.32 Å². The SMILES string of the molecule is Cc1ccc(/C=C/C(=O)Nc2nc3scc(-c4ccccc4)n3n2)cc1. The molecule has 0 atom stereocenters. The largest absolute Gasteiger partial charge is 0.290 e. The van der Waals surface area contributed by atoms with Crippen molar-refractivity contribution < 1.29 is 4.79 Å². The number of benzene rings is 2. The van der Waals surface area contributed by atoms with E-state index in [0.717, 1.165) is 21.8 Å². The molecule has 0 spiro atoms. The number of thiazole rings is 1. The van der Waals surface area contributed by atoms with Crippen molar-refractivity contribution in [3.05, 3.63) is 77.2 Å². The maximum absolute atomic E-state index is 12.1. The molecule has 2 aromatic carbocycles. The van der Waals surface area contributed by atoms with Crippen molar-refractivity contribution in [3.63, 3.8) is 0 Å². The number of hydrogen-bond donors (Lipinski definition) is 1. The average Bonchev–Trinajstić information content (AvgIpc) is 3.22. The Kier molecular flexibility index (Phi) is 4.33. The number of carbonyl (C=O) groups excluding carboxylic acids is 1. The Hall–Kier alpha value is -3.25. The first-order chi connectivity index (χ1) is 12.7. The summed E-state index contributed by atoms with van der Waals surface area (Å²) in [5.41, 5.74) is 4.16. The lowest BCUT2D eigenvalue weighted by molar-refractivity contribution is -0.111. The first kappa shape index (κ1) is 16.2. The molecule has 0 saturated heterocycles. The highest BCUT2D eigenvalue weighted by Crippen LogP contribution is 2.25. The maximum atomic E-state index is 12.1. The van der Waals surface area contributed by atoms with Crippen LogP contribution in [0.15, 0.2) is 66.1 Å². The molecule has 0 saturated carbocycles. The molecule has 0 aliphatic carbocycles. The van der Waals surface area contributed by atoms with Gasteiger partial charge in [-0.2, -0.15) is 4.98 Å². The van der Waals surface area contributed by atoms with Crippen LogP contribution in [0.3, 0.4) is 0 Å². The van der Waals surface area contributed by atoms with Gasteiger partial charge in [0.2, 0.25) is 4.96 Å². The van der Waals surface area contributed by atoms with Crippen LogP contribution in [0.5, 0.6) is 0 Å². The lowest BCUT2D eigenvalue weighted by Crippen LogP contribution is -2.09. The summed E-state index contributed by atoms with van der Waals surface area (Å²) < 4.78 is 1.75. The van der Waals surface area contributed by atoms with E-state index in [0.29, 0.717) is 5.95 Å². The number of rotatable bonds is 4. The summed E-state index contributed by atoms with van der Waals surface area (Å²) in [6, 6.07) is 17.9. The van der Waals surface area contributed by atoms with Crippen molar-refractivity contribution in [2.75, 3.05) is 5.32 Å². The number of aryl methyl sites for hydroxylation is 1. The first-order valence-corrected chi connectivity index (χ1v) is 9.02. The molecule has 0 fully saturated rings. The molecule has 0 unspecified atom stereocenters. The van der Waals surface area contributed by atoms with E-state index in [4.69, 9.17) is 0 Å². The zero-order valence-corrected chi connectivity index (χ0v) is 14.9. The van der Waals surface area contributed by atoms with Gasteiger partial charge in [0.05, 0.1) is 5.69 Å². The highest BCUT2D eigenvalue weighted by atomic mass is 32.1. The van der Waals surface area contributed by atoms with Gasteiger partial charge in [0.1, 0.15) is 0 Å². The minimum atomic E-state index is -0.259. The van der Waals surface area contributed by atoms with Crippen molar-refractivity contribution in [2.24, 2.45) is 0 Å². The topological polar surface area (TPSA) is 59.3 Å². The summed E-state index contributed by atoms with van der Waals surface area (Å²) in [7, 11) is 0. The van der Waals surface area contributed by atoms with Crippen LogP contribution in [0.1, 0.15) is 11.1 Å². The average molecular weight is 360 g/mol. The third-order valence-electron chi connectivity index (χ3n) is 3.89. The predicted molar refractivity (Wildman–Crippen MR) is 105 cm³/mol. The van der Waals surface area contributed by atoms with E-state index in [1.807, 2.05) is 66.9 Å². The van der Waals surface area contributed by atoms with Gasteiger partial charge in [-0.3, -0.25) is 10.1 Å². The standard InChI is InChI=1S/C20H16N4OS/c1-14-7-9-15(10-8-14)11-12-18(25)21-19-22-20-24(23-19)17(13-26-20)16-5-3-2-4-6-16/h2-13H,1H3,(H,21,23,25)/b12-11+. The number of hydrogen-bond acceptors (Lipinski definition) is 4. The highest BCUT2D eigenvalue weighted by Gasteiger charge is 2.12. The van der Waals surface area contributed by atoms with E-state index >= 15 is 0 Å². The molecule has 0 aliphatic heterocycles. The van der Waals surface area contributed by atoms with Crippen LogP contribution in [0.2, 0.25) is 0 Å². The molecular weight excluding hydrogens is 344 g/mol. The summed E-state index contributed by atoms with van der Waals surface area (Å²) in [5, 5.41) is 9.13. The Morgan fingerprint density at radius 2 is 1.88 bits per heavy atom. The lowest BCUT2D eigenvalue weighted by atomic mass is 10.1. The Bertz CT molecular complexity index is 1080. The predicted octanol–water partition coefficient (Wildman–Crippen LogP) is 4.42. The van der Waals surface area contributed by atoms with Gasteiger partial charge in [0.15, 0.2) is 0 Å². The Morgan fingerprint density at radius 1 is 1.12 bits per heavy atom. The molecule has 2 aromatic heterocycles. The number of nitrogens with zero attached hydrogens (tertiary/aromatic N) is 3. The zero-order chi connectivity index (χ0) is 17.9. The second-order valence-electron chi connectivity index (χ2n) is 5.85. The van der Waals surface area contributed by atoms with E-state index < -0.39 is 0 Å². The van der Waals surface area contributed by atoms with Crippen molar-refractivity contribution in [1.82, 2.24) is 14.6 Å². The van der Waals surface area contributed by atoms with Gasteiger partial charge in [-0.1, -0.05) is 60.2 Å². The van der Waals surface area contributed by atoms with Crippen LogP contribution >= 0.6 is 11.3 Å². The third kappa shape index (κ3) is 3.41. The van der Waals surface area contributed by atoms with Gasteiger partial charge >= 0.3 is 0 Å². The van der Waals surface area contributed by atoms with E-state index in [2.05, 4.69) is 15.4 Å². The summed E-state index contributed by atoms with van der Waals surface area (Å²) >= 11 is 1.49. The molecule has 26 heavy (non-hydrogen) atoms. The van der Waals surface area contributed by atoms with Crippen LogP contribution in [0.4, 0.5) is 5.95 Å². The fourth-order valence-corrected chi connectivity index (χ4v) is 3.37. The number of nitrogens with one attached hydrogen (secondary N) is 1. The van der Waals surface area contributed by atoms with Crippen LogP contribution in [0.25, 0.3) is 22.3 Å². The molecule has 128 valence electrons. The number of fused-ring (bicyclic) bond motifs is 1. The van der Waals surface area contributed by atoms with Crippen LogP contribution in [0, 0.1) is 6.92 Å². The minimum absolute atomic E-state index is 0.259. The molecule has 4 rings (SSSR count). The highest BCUT2D eigenvalue weighted by molar-refractivity contribution is 7.15. The summed E-state index contributed by atoms with van der Waals surface area (Å²) in [6.07, 6.45) is 3.25. The van der Waals surface area contributed by atoms with Gasteiger partial charge in [-0.25, -0.2) is 4.52 Å². The molecule has 0 aliphatic rings. The molecule has 4 aromatic rings. The Morgan fingerprint density at radius 3 is 2.65 bits per heavy atom. The molecule has 6 heteroatoms. The normalized spacial score (nSPS) is 11.3. The van der Waals surface area contributed by atoms with E-state index in [1.165, 1.54) is 23.0 Å². The van der Waals surface area contributed by atoms with E-state index in [1.54, 1.807) is 10.6 Å². The van der Waals surface area contributed by atoms with Crippen molar-refractivity contribution in [2.45, 2.75) is 6.92 Å². The van der Waals surface area contributed by atoms with Crippen LogP contribution in [-0.2, 0) is 4.79 Å². The molecule has 1 amide bonds. The second-order valence-corrected chi connectivity index (χ2v) is 6.69. The summed E-state index contributed by atoms with van der Waals surface area (Å²) in [4.78, 5) is 17.2. The lowest BCUT2D eigenvalue weighted by Gasteiger charge is -1.98. The van der Waals surface area contributed by atoms with Crippen molar-refractivity contribution in [1.29, 1.82) is 0 Å².